The number of anilines is 1. The lowest BCUT2D eigenvalue weighted by molar-refractivity contribution is -0.140. The number of rotatable bonds is 7. The molecule has 0 radical (unpaired) electrons. The third-order valence-corrected chi connectivity index (χ3v) is 6.43. The average Bonchev–Trinajstić information content (AvgIpc) is 3.25. The Bertz CT molecular complexity index is 1130. The van der Waals surface area contributed by atoms with Gasteiger partial charge in [-0.1, -0.05) is 41.9 Å². The molecule has 2 atom stereocenters. The maximum atomic E-state index is 13.8. The van der Waals surface area contributed by atoms with Crippen LogP contribution in [-0.4, -0.2) is 57.3 Å². The van der Waals surface area contributed by atoms with Crippen LogP contribution in [0, 0.1) is 5.82 Å². The Morgan fingerprint density at radius 2 is 1.82 bits per heavy atom. The number of carbonyl (C=O) groups excluding carboxylic acids is 3. The Labute approximate surface area is 200 Å². The number of urea groups is 1. The van der Waals surface area contributed by atoms with Crippen LogP contribution in [0.2, 0.25) is 5.02 Å². The van der Waals surface area contributed by atoms with E-state index in [9.17, 15) is 23.6 Å². The van der Waals surface area contributed by atoms with Gasteiger partial charge in [0.15, 0.2) is 0 Å². The van der Waals surface area contributed by atoms with E-state index in [1.165, 1.54) is 17.0 Å². The molecule has 2 heterocycles. The molecule has 8 nitrogen and oxygen atoms in total. The first-order valence-corrected chi connectivity index (χ1v) is 11.3. The number of fused-ring (bicyclic) bond motifs is 1. The van der Waals surface area contributed by atoms with Gasteiger partial charge >= 0.3 is 12.0 Å². The fourth-order valence-electron chi connectivity index (χ4n) is 4.54. The first-order valence-electron chi connectivity index (χ1n) is 10.9. The summed E-state index contributed by atoms with van der Waals surface area (Å²) >= 11 is 5.92. The number of aliphatic carboxylic acids is 1. The largest absolute Gasteiger partial charge is 0.481 e. The van der Waals surface area contributed by atoms with E-state index >= 15 is 0 Å². The van der Waals surface area contributed by atoms with E-state index in [2.05, 4.69) is 0 Å². The Kier molecular flexibility index (Phi) is 6.83. The van der Waals surface area contributed by atoms with E-state index in [-0.39, 0.29) is 49.0 Å². The van der Waals surface area contributed by atoms with Crippen LogP contribution in [0.5, 0.6) is 0 Å². The van der Waals surface area contributed by atoms with Crippen LogP contribution in [0.4, 0.5) is 14.9 Å². The minimum absolute atomic E-state index is 0.0161. The highest BCUT2D eigenvalue weighted by molar-refractivity contribution is 6.31. The van der Waals surface area contributed by atoms with Crippen molar-refractivity contribution in [2.45, 2.75) is 44.3 Å². The van der Waals surface area contributed by atoms with Gasteiger partial charge in [0.1, 0.15) is 11.9 Å². The molecule has 0 bridgehead atoms. The Morgan fingerprint density at radius 1 is 1.09 bits per heavy atom. The smallest absolute Gasteiger partial charge is 0.332 e. The number of halogens is 2. The highest BCUT2D eigenvalue weighted by Crippen LogP contribution is 2.35. The molecular formula is C24H23ClFN3O5. The summed E-state index contributed by atoms with van der Waals surface area (Å²) in [7, 11) is 0. The van der Waals surface area contributed by atoms with Crippen molar-refractivity contribution in [3.8, 4) is 0 Å². The van der Waals surface area contributed by atoms with Crippen molar-refractivity contribution in [1.82, 2.24) is 9.80 Å². The van der Waals surface area contributed by atoms with E-state index in [4.69, 9.17) is 16.7 Å². The second kappa shape index (κ2) is 9.80. The van der Waals surface area contributed by atoms with Gasteiger partial charge < -0.3 is 14.9 Å². The highest BCUT2D eigenvalue weighted by Gasteiger charge is 2.53. The SMILES string of the molecule is O=C(O)CCCC(=O)N1CCC2C1C(=O)N(c1ccc(F)c(Cl)c1)C(=O)N2Cc1ccccc1. The number of hydrogen-bond donors (Lipinski definition) is 1. The minimum Gasteiger partial charge on any atom is -0.481 e. The molecule has 0 aliphatic carbocycles. The molecule has 2 aromatic carbocycles. The van der Waals surface area contributed by atoms with Gasteiger partial charge in [0.2, 0.25) is 5.91 Å². The number of nitrogens with zero attached hydrogens (tertiary/aromatic N) is 3. The molecule has 2 fully saturated rings. The molecule has 2 aliphatic rings. The van der Waals surface area contributed by atoms with Gasteiger partial charge in [-0.3, -0.25) is 14.4 Å². The Morgan fingerprint density at radius 3 is 2.50 bits per heavy atom. The summed E-state index contributed by atoms with van der Waals surface area (Å²) < 4.78 is 13.8. The Balaban J connectivity index is 1.67. The van der Waals surface area contributed by atoms with Crippen molar-refractivity contribution < 1.29 is 28.7 Å². The zero-order chi connectivity index (χ0) is 24.4. The summed E-state index contributed by atoms with van der Waals surface area (Å²) in [6.45, 7) is 0.490. The van der Waals surface area contributed by atoms with Crippen LogP contribution in [0.15, 0.2) is 48.5 Å². The summed E-state index contributed by atoms with van der Waals surface area (Å²) in [5, 5.41) is 8.63. The first kappa shape index (κ1) is 23.7. The van der Waals surface area contributed by atoms with Crippen LogP contribution < -0.4 is 4.90 Å². The van der Waals surface area contributed by atoms with E-state index in [1.54, 1.807) is 4.90 Å². The summed E-state index contributed by atoms with van der Waals surface area (Å²) in [6.07, 6.45) is 0.399. The van der Waals surface area contributed by atoms with Crippen molar-refractivity contribution in [3.05, 3.63) is 64.9 Å². The third-order valence-electron chi connectivity index (χ3n) is 6.14. The predicted octanol–water partition coefficient (Wildman–Crippen LogP) is 3.67. The lowest BCUT2D eigenvalue weighted by Gasteiger charge is -2.43. The molecule has 34 heavy (non-hydrogen) atoms. The summed E-state index contributed by atoms with van der Waals surface area (Å²) in [5.41, 5.74) is 0.968. The minimum atomic E-state index is -1.00. The van der Waals surface area contributed by atoms with Gasteiger partial charge in [-0.2, -0.15) is 0 Å². The number of hydrogen-bond acceptors (Lipinski definition) is 4. The van der Waals surface area contributed by atoms with Crippen LogP contribution in [0.3, 0.4) is 0 Å². The number of amides is 4. The number of carbonyl (C=O) groups is 4. The van der Waals surface area contributed by atoms with Crippen molar-refractivity contribution in [1.29, 1.82) is 0 Å². The van der Waals surface area contributed by atoms with E-state index < -0.39 is 35.8 Å². The van der Waals surface area contributed by atoms with Crippen molar-refractivity contribution in [2.75, 3.05) is 11.4 Å². The zero-order valence-corrected chi connectivity index (χ0v) is 18.9. The van der Waals surface area contributed by atoms with Gasteiger partial charge in [0.25, 0.3) is 5.91 Å². The topological polar surface area (TPSA) is 98.2 Å². The monoisotopic (exact) mass is 487 g/mol. The number of likely N-dealkylation sites (tertiary alicyclic amines) is 1. The van der Waals surface area contributed by atoms with Gasteiger partial charge in [-0.05, 0) is 36.6 Å². The summed E-state index contributed by atoms with van der Waals surface area (Å²) in [5.74, 6) is -2.61. The second-order valence-electron chi connectivity index (χ2n) is 8.30. The molecule has 4 amide bonds. The van der Waals surface area contributed by atoms with Crippen LogP contribution in [-0.2, 0) is 20.9 Å². The summed E-state index contributed by atoms with van der Waals surface area (Å²) in [4.78, 5) is 54.7. The average molecular weight is 488 g/mol. The van der Waals surface area contributed by atoms with E-state index in [0.717, 1.165) is 16.5 Å². The molecule has 2 saturated heterocycles. The van der Waals surface area contributed by atoms with Crippen LogP contribution in [0.1, 0.15) is 31.2 Å². The molecule has 2 unspecified atom stereocenters. The fraction of sp³-hybridized carbons (Fsp3) is 0.333. The quantitative estimate of drug-likeness (QED) is 0.642. The fourth-order valence-corrected chi connectivity index (χ4v) is 4.71. The maximum absolute atomic E-state index is 13.8. The van der Waals surface area contributed by atoms with Crippen molar-refractivity contribution in [3.63, 3.8) is 0 Å². The van der Waals surface area contributed by atoms with E-state index in [1.807, 2.05) is 30.3 Å². The number of carboxylic acids is 1. The highest BCUT2D eigenvalue weighted by atomic mass is 35.5. The zero-order valence-electron chi connectivity index (χ0n) is 18.2. The van der Waals surface area contributed by atoms with Gasteiger partial charge in [0, 0.05) is 25.9 Å². The molecule has 1 N–H and O–H groups in total. The van der Waals surface area contributed by atoms with Gasteiger partial charge in [-0.15, -0.1) is 0 Å². The van der Waals surface area contributed by atoms with E-state index in [0.29, 0.717) is 6.42 Å². The molecule has 0 spiro atoms. The van der Waals surface area contributed by atoms with Crippen molar-refractivity contribution >= 4 is 41.1 Å². The van der Waals surface area contributed by atoms with Gasteiger partial charge in [-0.25, -0.2) is 14.1 Å². The summed E-state index contributed by atoms with van der Waals surface area (Å²) in [6, 6.07) is 10.8. The Hall–Kier alpha value is -3.46. The van der Waals surface area contributed by atoms with Crippen LogP contribution in [0.25, 0.3) is 0 Å². The molecule has 0 saturated carbocycles. The molecule has 4 rings (SSSR count). The first-order chi connectivity index (χ1) is 16.3. The lowest BCUT2D eigenvalue weighted by Crippen LogP contribution is -2.66. The molecular weight excluding hydrogens is 465 g/mol. The van der Waals surface area contributed by atoms with Gasteiger partial charge in [0.05, 0.1) is 16.8 Å². The van der Waals surface area contributed by atoms with Crippen molar-refractivity contribution in [2.24, 2.45) is 0 Å². The number of imide groups is 1. The standard InChI is InChI=1S/C24H23ClFN3O5/c25-17-13-16(9-10-18(17)26)29-23(33)22-19(11-12-27(22)20(30)7-4-8-21(31)32)28(24(29)34)14-15-5-2-1-3-6-15/h1-3,5-6,9-10,13,19,22H,4,7-8,11-12,14H2,(H,31,32). The number of carboxylic acid groups (broad SMARTS) is 1. The van der Waals surface area contributed by atoms with Crippen LogP contribution >= 0.6 is 11.6 Å². The maximum Gasteiger partial charge on any atom is 0.332 e. The molecule has 2 aromatic rings. The molecule has 0 aromatic heterocycles. The predicted molar refractivity (Wildman–Crippen MR) is 122 cm³/mol. The molecule has 178 valence electrons. The number of benzene rings is 2. The second-order valence-corrected chi connectivity index (χ2v) is 8.71. The lowest BCUT2D eigenvalue weighted by atomic mass is 10.0. The molecule has 10 heteroatoms. The normalized spacial score (nSPS) is 20.0. The third kappa shape index (κ3) is 4.61. The molecule has 2 aliphatic heterocycles.